The van der Waals surface area contributed by atoms with Crippen LogP contribution < -0.4 is 0 Å². The van der Waals surface area contributed by atoms with Crippen LogP contribution in [0.4, 0.5) is 0 Å². The Morgan fingerprint density at radius 1 is 1.44 bits per heavy atom. The first-order chi connectivity index (χ1) is 8.65. The first-order valence-corrected chi connectivity index (χ1v) is 6.32. The van der Waals surface area contributed by atoms with Gasteiger partial charge < -0.3 is 5.11 Å². The lowest BCUT2D eigenvalue weighted by Crippen LogP contribution is -2.11. The predicted octanol–water partition coefficient (Wildman–Crippen LogP) is 2.73. The van der Waals surface area contributed by atoms with E-state index in [1.54, 1.807) is 29.3 Å². The maximum absolute atomic E-state index is 10.5. The summed E-state index contributed by atoms with van der Waals surface area (Å²) in [6, 6.07) is 1.81. The molecule has 0 amide bonds. The van der Waals surface area contributed by atoms with E-state index < -0.39 is 6.10 Å². The standard InChI is InChI=1S/C13H16ClN3O/c1-3-6-17-12(11(14)8-16-17)13(18)10-4-5-15-7-9(10)2/h4-5,7-8,13,18H,3,6H2,1-2H3. The SMILES string of the molecule is CCCn1ncc(Cl)c1C(O)c1ccncc1C. The van der Waals surface area contributed by atoms with Crippen LogP contribution in [-0.4, -0.2) is 19.9 Å². The van der Waals surface area contributed by atoms with Gasteiger partial charge in [0.2, 0.25) is 0 Å². The molecule has 96 valence electrons. The molecule has 2 heterocycles. The van der Waals surface area contributed by atoms with Crippen LogP contribution in [0.2, 0.25) is 5.02 Å². The van der Waals surface area contributed by atoms with Gasteiger partial charge in [0.05, 0.1) is 16.9 Å². The van der Waals surface area contributed by atoms with Gasteiger partial charge in [0.1, 0.15) is 6.10 Å². The Labute approximate surface area is 111 Å². The summed E-state index contributed by atoms with van der Waals surface area (Å²) in [5.41, 5.74) is 2.39. The number of pyridine rings is 1. The van der Waals surface area contributed by atoms with Crippen molar-refractivity contribution in [1.82, 2.24) is 14.8 Å². The third-order valence-corrected chi connectivity index (χ3v) is 3.18. The monoisotopic (exact) mass is 265 g/mol. The summed E-state index contributed by atoms with van der Waals surface area (Å²) in [6.07, 6.45) is 5.14. The molecule has 18 heavy (non-hydrogen) atoms. The van der Waals surface area contributed by atoms with Gasteiger partial charge >= 0.3 is 0 Å². The minimum Gasteiger partial charge on any atom is -0.382 e. The van der Waals surface area contributed by atoms with Crippen molar-refractivity contribution < 1.29 is 5.11 Å². The number of aliphatic hydroxyl groups excluding tert-OH is 1. The van der Waals surface area contributed by atoms with E-state index in [-0.39, 0.29) is 0 Å². The molecule has 2 aromatic rings. The maximum atomic E-state index is 10.5. The zero-order valence-corrected chi connectivity index (χ0v) is 11.2. The van der Waals surface area contributed by atoms with Crippen LogP contribution >= 0.6 is 11.6 Å². The molecule has 1 unspecified atom stereocenters. The molecule has 0 aromatic carbocycles. The van der Waals surface area contributed by atoms with Gasteiger partial charge in [0.25, 0.3) is 0 Å². The molecule has 0 aliphatic carbocycles. The van der Waals surface area contributed by atoms with Crippen molar-refractivity contribution in [1.29, 1.82) is 0 Å². The molecule has 1 N–H and O–H groups in total. The molecule has 0 aliphatic rings. The molecule has 5 heteroatoms. The molecule has 0 saturated heterocycles. The highest BCUT2D eigenvalue weighted by Gasteiger charge is 2.20. The summed E-state index contributed by atoms with van der Waals surface area (Å²) in [7, 11) is 0. The van der Waals surface area contributed by atoms with Gasteiger partial charge in [-0.2, -0.15) is 5.10 Å². The molecular weight excluding hydrogens is 250 g/mol. The van der Waals surface area contributed by atoms with Crippen LogP contribution in [0.15, 0.2) is 24.7 Å². The van der Waals surface area contributed by atoms with Crippen LogP contribution in [0.25, 0.3) is 0 Å². The van der Waals surface area contributed by atoms with Crippen LogP contribution in [0.5, 0.6) is 0 Å². The van der Waals surface area contributed by atoms with Crippen molar-refractivity contribution in [2.45, 2.75) is 32.9 Å². The molecule has 0 bridgehead atoms. The summed E-state index contributed by atoms with van der Waals surface area (Å²) < 4.78 is 1.76. The number of aromatic nitrogens is 3. The average molecular weight is 266 g/mol. The van der Waals surface area contributed by atoms with Gasteiger partial charge in [-0.05, 0) is 30.5 Å². The number of aryl methyl sites for hydroxylation is 2. The summed E-state index contributed by atoms with van der Waals surface area (Å²) in [4.78, 5) is 4.02. The molecule has 0 saturated carbocycles. The van der Waals surface area contributed by atoms with Crippen molar-refractivity contribution in [3.8, 4) is 0 Å². The molecule has 0 fully saturated rings. The Bertz CT molecular complexity index is 539. The number of rotatable bonds is 4. The van der Waals surface area contributed by atoms with Crippen LogP contribution in [0, 0.1) is 6.92 Å². The van der Waals surface area contributed by atoms with E-state index in [2.05, 4.69) is 17.0 Å². The molecule has 2 rings (SSSR count). The predicted molar refractivity (Wildman–Crippen MR) is 70.6 cm³/mol. The average Bonchev–Trinajstić information content (AvgIpc) is 2.71. The van der Waals surface area contributed by atoms with Gasteiger partial charge in [-0.15, -0.1) is 0 Å². The Hall–Kier alpha value is -1.39. The van der Waals surface area contributed by atoms with Crippen molar-refractivity contribution in [2.24, 2.45) is 0 Å². The molecule has 1 atom stereocenters. The van der Waals surface area contributed by atoms with Crippen LogP contribution in [0.3, 0.4) is 0 Å². The van der Waals surface area contributed by atoms with E-state index in [0.29, 0.717) is 10.7 Å². The van der Waals surface area contributed by atoms with Gasteiger partial charge in [-0.25, -0.2) is 0 Å². The summed E-state index contributed by atoms with van der Waals surface area (Å²) in [5, 5.41) is 15.2. The minimum atomic E-state index is -0.769. The lowest BCUT2D eigenvalue weighted by atomic mass is 10.0. The molecule has 0 aliphatic heterocycles. The topological polar surface area (TPSA) is 50.9 Å². The Morgan fingerprint density at radius 3 is 2.89 bits per heavy atom. The number of halogens is 1. The quantitative estimate of drug-likeness (QED) is 0.925. The number of nitrogens with zero attached hydrogens (tertiary/aromatic N) is 3. The van der Waals surface area contributed by atoms with Gasteiger partial charge in [0.15, 0.2) is 0 Å². The molecule has 0 radical (unpaired) electrons. The second-order valence-corrected chi connectivity index (χ2v) is 4.64. The highest BCUT2D eigenvalue weighted by atomic mass is 35.5. The zero-order valence-electron chi connectivity index (χ0n) is 10.5. The van der Waals surface area contributed by atoms with E-state index in [4.69, 9.17) is 11.6 Å². The van der Waals surface area contributed by atoms with Crippen LogP contribution in [-0.2, 0) is 6.54 Å². The lowest BCUT2D eigenvalue weighted by Gasteiger charge is -2.15. The molecule has 4 nitrogen and oxygen atoms in total. The Morgan fingerprint density at radius 2 is 2.22 bits per heavy atom. The fourth-order valence-electron chi connectivity index (χ4n) is 1.97. The summed E-state index contributed by atoms with van der Waals surface area (Å²) in [5.74, 6) is 0. The largest absolute Gasteiger partial charge is 0.382 e. The van der Waals surface area contributed by atoms with Crippen molar-refractivity contribution in [3.63, 3.8) is 0 Å². The molecule has 2 aromatic heterocycles. The van der Waals surface area contributed by atoms with Crippen LogP contribution in [0.1, 0.15) is 36.3 Å². The Kier molecular flexibility index (Phi) is 3.99. The normalized spacial score (nSPS) is 12.7. The minimum absolute atomic E-state index is 0.493. The second kappa shape index (κ2) is 5.50. The van der Waals surface area contributed by atoms with E-state index in [0.717, 1.165) is 24.1 Å². The highest BCUT2D eigenvalue weighted by Crippen LogP contribution is 2.29. The smallest absolute Gasteiger partial charge is 0.123 e. The first kappa shape index (κ1) is 13.1. The van der Waals surface area contributed by atoms with E-state index in [1.807, 2.05) is 6.92 Å². The number of hydrogen-bond acceptors (Lipinski definition) is 3. The third kappa shape index (κ3) is 2.40. The van der Waals surface area contributed by atoms with Crippen molar-refractivity contribution in [2.75, 3.05) is 0 Å². The first-order valence-electron chi connectivity index (χ1n) is 5.95. The highest BCUT2D eigenvalue weighted by molar-refractivity contribution is 6.31. The van der Waals surface area contributed by atoms with Gasteiger partial charge in [-0.3, -0.25) is 9.67 Å². The van der Waals surface area contributed by atoms with E-state index in [1.165, 1.54) is 0 Å². The fourth-order valence-corrected chi connectivity index (χ4v) is 2.22. The summed E-state index contributed by atoms with van der Waals surface area (Å²) in [6.45, 7) is 4.71. The summed E-state index contributed by atoms with van der Waals surface area (Å²) >= 11 is 6.12. The van der Waals surface area contributed by atoms with E-state index in [9.17, 15) is 5.11 Å². The Balaban J connectivity index is 2.42. The third-order valence-electron chi connectivity index (χ3n) is 2.89. The molecular formula is C13H16ClN3O. The maximum Gasteiger partial charge on any atom is 0.123 e. The van der Waals surface area contributed by atoms with Crippen molar-refractivity contribution in [3.05, 3.63) is 46.5 Å². The lowest BCUT2D eigenvalue weighted by molar-refractivity contribution is 0.206. The van der Waals surface area contributed by atoms with Gasteiger partial charge in [0, 0.05) is 18.9 Å². The zero-order chi connectivity index (χ0) is 13.1. The van der Waals surface area contributed by atoms with Gasteiger partial charge in [-0.1, -0.05) is 18.5 Å². The number of hydrogen-bond donors (Lipinski definition) is 1. The molecule has 0 spiro atoms. The van der Waals surface area contributed by atoms with Crippen molar-refractivity contribution >= 4 is 11.6 Å². The van der Waals surface area contributed by atoms with E-state index >= 15 is 0 Å². The number of aliphatic hydroxyl groups is 1. The fraction of sp³-hybridized carbons (Fsp3) is 0.385. The second-order valence-electron chi connectivity index (χ2n) is 4.24.